The fourth-order valence-corrected chi connectivity index (χ4v) is 1.76. The SMILES string of the molecule is COc1cc(S(=O)(=O)O)cc(OC)c1C(=O)O. The molecule has 0 amide bonds. The minimum Gasteiger partial charge on any atom is -0.496 e. The summed E-state index contributed by atoms with van der Waals surface area (Å²) in [5, 5.41) is 8.93. The van der Waals surface area contributed by atoms with E-state index in [2.05, 4.69) is 0 Å². The molecule has 2 N–H and O–H groups in total. The summed E-state index contributed by atoms with van der Waals surface area (Å²) in [7, 11) is -2.11. The van der Waals surface area contributed by atoms with Gasteiger partial charge in [0.2, 0.25) is 0 Å². The lowest BCUT2D eigenvalue weighted by Crippen LogP contribution is -2.07. The van der Waals surface area contributed by atoms with Crippen molar-refractivity contribution in [2.75, 3.05) is 14.2 Å². The summed E-state index contributed by atoms with van der Waals surface area (Å²) in [6.45, 7) is 0. The van der Waals surface area contributed by atoms with Gasteiger partial charge in [0.25, 0.3) is 10.1 Å². The molecule has 0 aliphatic carbocycles. The minimum atomic E-state index is -4.46. The molecule has 0 bridgehead atoms. The summed E-state index contributed by atoms with van der Waals surface area (Å²) < 4.78 is 40.3. The molecule has 0 saturated heterocycles. The highest BCUT2D eigenvalue weighted by Crippen LogP contribution is 2.32. The molecule has 17 heavy (non-hydrogen) atoms. The van der Waals surface area contributed by atoms with Crippen molar-refractivity contribution in [2.24, 2.45) is 0 Å². The number of hydrogen-bond donors (Lipinski definition) is 2. The van der Waals surface area contributed by atoms with Gasteiger partial charge in [0.15, 0.2) is 0 Å². The third kappa shape index (κ3) is 2.66. The average Bonchev–Trinajstić information content (AvgIpc) is 2.25. The Morgan fingerprint density at radius 2 is 1.59 bits per heavy atom. The van der Waals surface area contributed by atoms with Gasteiger partial charge in [-0.15, -0.1) is 0 Å². The van der Waals surface area contributed by atoms with Gasteiger partial charge in [-0.3, -0.25) is 4.55 Å². The largest absolute Gasteiger partial charge is 0.496 e. The molecule has 1 aromatic rings. The second-order valence-electron chi connectivity index (χ2n) is 2.98. The summed E-state index contributed by atoms with van der Waals surface area (Å²) in [5.41, 5.74) is -0.317. The zero-order chi connectivity index (χ0) is 13.2. The Bertz CT molecular complexity index is 521. The van der Waals surface area contributed by atoms with Crippen LogP contribution in [0.4, 0.5) is 0 Å². The summed E-state index contributed by atoms with van der Waals surface area (Å²) in [6.07, 6.45) is 0. The minimum absolute atomic E-state index is 0.218. The molecule has 0 spiro atoms. The zero-order valence-electron chi connectivity index (χ0n) is 9.00. The molecule has 7 nitrogen and oxygen atoms in total. The van der Waals surface area contributed by atoms with Crippen LogP contribution in [0, 0.1) is 0 Å². The van der Waals surface area contributed by atoms with Crippen molar-refractivity contribution < 1.29 is 32.3 Å². The van der Waals surface area contributed by atoms with E-state index in [1.807, 2.05) is 0 Å². The highest BCUT2D eigenvalue weighted by molar-refractivity contribution is 7.85. The van der Waals surface area contributed by atoms with Crippen LogP contribution in [0.2, 0.25) is 0 Å². The summed E-state index contributed by atoms with van der Waals surface area (Å²) in [4.78, 5) is 10.4. The van der Waals surface area contributed by atoms with Crippen molar-refractivity contribution >= 4 is 16.1 Å². The Hall–Kier alpha value is -1.80. The van der Waals surface area contributed by atoms with E-state index in [1.165, 1.54) is 14.2 Å². The van der Waals surface area contributed by atoms with Gasteiger partial charge in [0, 0.05) is 12.1 Å². The maximum absolute atomic E-state index is 10.9. The molecule has 0 saturated carbocycles. The molecule has 0 fully saturated rings. The number of ether oxygens (including phenoxy) is 2. The molecule has 0 aliphatic rings. The Labute approximate surface area is 97.3 Å². The first-order valence-corrected chi connectivity index (χ1v) is 5.72. The number of benzene rings is 1. The molecule has 0 atom stereocenters. The fourth-order valence-electron chi connectivity index (χ4n) is 1.25. The monoisotopic (exact) mass is 262 g/mol. The number of aromatic carboxylic acids is 1. The maximum atomic E-state index is 10.9. The first-order chi connectivity index (χ1) is 7.81. The summed E-state index contributed by atoms with van der Waals surface area (Å²) in [6, 6.07) is 1.81. The second-order valence-corrected chi connectivity index (χ2v) is 4.40. The van der Waals surface area contributed by atoms with Crippen LogP contribution in [0.15, 0.2) is 17.0 Å². The molecule has 94 valence electrons. The van der Waals surface area contributed by atoms with Crippen molar-refractivity contribution in [3.8, 4) is 11.5 Å². The summed E-state index contributed by atoms with van der Waals surface area (Å²) >= 11 is 0. The Morgan fingerprint density at radius 1 is 1.18 bits per heavy atom. The standard InChI is InChI=1S/C9H10O7S/c1-15-6-3-5(17(12,13)14)4-7(16-2)8(6)9(10)11/h3-4H,1-2H3,(H,10,11)(H,12,13,14). The van der Waals surface area contributed by atoms with E-state index in [-0.39, 0.29) is 17.1 Å². The Morgan fingerprint density at radius 3 is 1.82 bits per heavy atom. The van der Waals surface area contributed by atoms with Crippen molar-refractivity contribution in [2.45, 2.75) is 4.90 Å². The highest BCUT2D eigenvalue weighted by atomic mass is 32.2. The van der Waals surface area contributed by atoms with Gasteiger partial charge in [0.05, 0.1) is 14.2 Å². The van der Waals surface area contributed by atoms with Crippen LogP contribution in [-0.2, 0) is 10.1 Å². The molecule has 0 radical (unpaired) electrons. The van der Waals surface area contributed by atoms with Gasteiger partial charge in [-0.2, -0.15) is 8.42 Å². The third-order valence-electron chi connectivity index (χ3n) is 1.99. The van der Waals surface area contributed by atoms with Crippen LogP contribution in [-0.4, -0.2) is 38.3 Å². The number of carboxylic acid groups (broad SMARTS) is 1. The molecule has 0 unspecified atom stereocenters. The lowest BCUT2D eigenvalue weighted by molar-refractivity contribution is 0.0689. The predicted octanol–water partition coefficient (Wildman–Crippen LogP) is 0.649. The predicted molar refractivity (Wildman–Crippen MR) is 56.3 cm³/mol. The number of methoxy groups -OCH3 is 2. The molecule has 1 aromatic carbocycles. The second kappa shape index (κ2) is 4.60. The van der Waals surface area contributed by atoms with Crippen LogP contribution >= 0.6 is 0 Å². The van der Waals surface area contributed by atoms with Crippen molar-refractivity contribution in [1.82, 2.24) is 0 Å². The zero-order valence-corrected chi connectivity index (χ0v) is 9.82. The van der Waals surface area contributed by atoms with Gasteiger partial charge in [-0.25, -0.2) is 4.79 Å². The van der Waals surface area contributed by atoms with Crippen LogP contribution in [0.5, 0.6) is 11.5 Å². The Balaban J connectivity index is 3.62. The topological polar surface area (TPSA) is 110 Å². The van der Waals surface area contributed by atoms with E-state index in [9.17, 15) is 13.2 Å². The number of hydrogen-bond acceptors (Lipinski definition) is 5. The molecule has 1 rings (SSSR count). The van der Waals surface area contributed by atoms with Crippen LogP contribution in [0.3, 0.4) is 0 Å². The van der Waals surface area contributed by atoms with Gasteiger partial charge in [-0.1, -0.05) is 0 Å². The molecular formula is C9H10O7S. The van der Waals surface area contributed by atoms with Gasteiger partial charge in [-0.05, 0) is 0 Å². The van der Waals surface area contributed by atoms with E-state index >= 15 is 0 Å². The fraction of sp³-hybridized carbons (Fsp3) is 0.222. The van der Waals surface area contributed by atoms with Crippen molar-refractivity contribution in [3.63, 3.8) is 0 Å². The molecular weight excluding hydrogens is 252 g/mol. The van der Waals surface area contributed by atoms with Crippen LogP contribution in [0.1, 0.15) is 10.4 Å². The number of rotatable bonds is 4. The number of carbonyl (C=O) groups is 1. The van der Waals surface area contributed by atoms with Gasteiger partial charge < -0.3 is 14.6 Å². The lowest BCUT2D eigenvalue weighted by Gasteiger charge is -2.11. The lowest BCUT2D eigenvalue weighted by atomic mass is 10.2. The smallest absolute Gasteiger partial charge is 0.343 e. The molecule has 0 heterocycles. The first kappa shape index (κ1) is 13.3. The van der Waals surface area contributed by atoms with E-state index in [1.54, 1.807) is 0 Å². The number of carboxylic acids is 1. The quantitative estimate of drug-likeness (QED) is 0.766. The van der Waals surface area contributed by atoms with E-state index in [0.29, 0.717) is 0 Å². The van der Waals surface area contributed by atoms with E-state index < -0.39 is 21.0 Å². The third-order valence-corrected chi connectivity index (χ3v) is 2.82. The van der Waals surface area contributed by atoms with Gasteiger partial charge in [0.1, 0.15) is 22.0 Å². The highest BCUT2D eigenvalue weighted by Gasteiger charge is 2.22. The molecule has 8 heteroatoms. The van der Waals surface area contributed by atoms with Crippen LogP contribution in [0.25, 0.3) is 0 Å². The van der Waals surface area contributed by atoms with Crippen molar-refractivity contribution in [3.05, 3.63) is 17.7 Å². The van der Waals surface area contributed by atoms with Crippen molar-refractivity contribution in [1.29, 1.82) is 0 Å². The van der Waals surface area contributed by atoms with Gasteiger partial charge >= 0.3 is 5.97 Å². The van der Waals surface area contributed by atoms with E-state index in [0.717, 1.165) is 12.1 Å². The first-order valence-electron chi connectivity index (χ1n) is 4.28. The normalized spacial score (nSPS) is 11.0. The van der Waals surface area contributed by atoms with E-state index in [4.69, 9.17) is 19.1 Å². The summed E-state index contributed by atoms with van der Waals surface area (Å²) in [5.74, 6) is -1.77. The molecule has 0 aliphatic heterocycles. The van der Waals surface area contributed by atoms with Crippen LogP contribution < -0.4 is 9.47 Å². The average molecular weight is 262 g/mol. The maximum Gasteiger partial charge on any atom is 0.343 e. The molecule has 0 aromatic heterocycles. The Kier molecular flexibility index (Phi) is 3.59.